The summed E-state index contributed by atoms with van der Waals surface area (Å²) in [5.74, 6) is 0.723. The molecule has 3 rings (SSSR count). The second-order valence-corrected chi connectivity index (χ2v) is 5.39. The molecular formula is C18H19N3O5. The number of nitrogens with one attached hydrogen (secondary N) is 1. The van der Waals surface area contributed by atoms with Gasteiger partial charge in [0.25, 0.3) is 0 Å². The fourth-order valence-electron chi connectivity index (χ4n) is 2.58. The van der Waals surface area contributed by atoms with Gasteiger partial charge in [-0.15, -0.1) is 0 Å². The number of hydrogen-bond acceptors (Lipinski definition) is 7. The summed E-state index contributed by atoms with van der Waals surface area (Å²) in [6.07, 6.45) is 0. The van der Waals surface area contributed by atoms with Crippen LogP contribution in [-0.2, 0) is 4.74 Å². The number of H-pyrrole nitrogens is 1. The van der Waals surface area contributed by atoms with Crippen molar-refractivity contribution in [3.63, 3.8) is 0 Å². The van der Waals surface area contributed by atoms with Crippen LogP contribution in [0.1, 0.15) is 23.0 Å². The van der Waals surface area contributed by atoms with Gasteiger partial charge in [0.1, 0.15) is 5.75 Å². The van der Waals surface area contributed by atoms with E-state index in [2.05, 4.69) is 15.0 Å². The Hall–Kier alpha value is -3.29. The highest BCUT2D eigenvalue weighted by Gasteiger charge is 2.18. The largest absolute Gasteiger partial charge is 0.481 e. The van der Waals surface area contributed by atoms with Crippen LogP contribution in [0, 0.1) is 6.92 Å². The molecule has 2 aromatic heterocycles. The monoisotopic (exact) mass is 357 g/mol. The molecule has 0 atom stereocenters. The Morgan fingerprint density at radius 3 is 2.42 bits per heavy atom. The Morgan fingerprint density at radius 1 is 1.12 bits per heavy atom. The second kappa shape index (κ2) is 7.30. The third kappa shape index (κ3) is 3.39. The number of carbonyl (C=O) groups is 1. The molecule has 0 bridgehead atoms. The van der Waals surface area contributed by atoms with Gasteiger partial charge >= 0.3 is 12.0 Å². The number of aryl methyl sites for hydroxylation is 1. The molecule has 3 aromatic rings. The van der Waals surface area contributed by atoms with Crippen LogP contribution in [0.5, 0.6) is 23.5 Å². The Morgan fingerprint density at radius 2 is 1.81 bits per heavy atom. The van der Waals surface area contributed by atoms with Crippen LogP contribution in [-0.4, -0.2) is 41.7 Å². The molecule has 0 saturated carbocycles. The topological polar surface area (TPSA) is 95.6 Å². The summed E-state index contributed by atoms with van der Waals surface area (Å²) >= 11 is 0. The van der Waals surface area contributed by atoms with Crippen LogP contribution in [0.4, 0.5) is 0 Å². The summed E-state index contributed by atoms with van der Waals surface area (Å²) in [6.45, 7) is 3.89. The molecule has 0 unspecified atom stereocenters. The lowest BCUT2D eigenvalue weighted by Crippen LogP contribution is -2.05. The molecule has 8 nitrogen and oxygen atoms in total. The van der Waals surface area contributed by atoms with E-state index in [9.17, 15) is 4.79 Å². The molecule has 0 aliphatic heterocycles. The highest BCUT2D eigenvalue weighted by atomic mass is 16.5. The Labute approximate surface area is 150 Å². The van der Waals surface area contributed by atoms with E-state index in [4.69, 9.17) is 18.9 Å². The van der Waals surface area contributed by atoms with Gasteiger partial charge < -0.3 is 23.9 Å². The maximum atomic E-state index is 12.2. The van der Waals surface area contributed by atoms with E-state index in [1.807, 2.05) is 13.0 Å². The molecule has 0 spiro atoms. The van der Waals surface area contributed by atoms with Crippen molar-refractivity contribution in [1.82, 2.24) is 15.0 Å². The summed E-state index contributed by atoms with van der Waals surface area (Å²) in [5.41, 5.74) is 2.02. The Bertz CT molecular complexity index is 929. The van der Waals surface area contributed by atoms with Gasteiger partial charge in [-0.2, -0.15) is 9.97 Å². The lowest BCUT2D eigenvalue weighted by atomic mass is 10.1. The molecule has 0 fully saturated rings. The molecule has 136 valence electrons. The highest BCUT2D eigenvalue weighted by Crippen LogP contribution is 2.30. The van der Waals surface area contributed by atoms with Crippen molar-refractivity contribution in [1.29, 1.82) is 0 Å². The zero-order valence-corrected chi connectivity index (χ0v) is 15.0. The van der Waals surface area contributed by atoms with Gasteiger partial charge in [0.05, 0.1) is 32.5 Å². The summed E-state index contributed by atoms with van der Waals surface area (Å²) in [7, 11) is 2.98. The van der Waals surface area contributed by atoms with Crippen molar-refractivity contribution in [2.45, 2.75) is 13.8 Å². The molecule has 0 amide bonds. The smallest absolute Gasteiger partial charge is 0.340 e. The van der Waals surface area contributed by atoms with Gasteiger partial charge in [-0.25, -0.2) is 4.79 Å². The van der Waals surface area contributed by atoms with Crippen LogP contribution < -0.4 is 14.2 Å². The lowest BCUT2D eigenvalue weighted by molar-refractivity contribution is 0.0528. The number of aromatic amines is 1. The average molecular weight is 357 g/mol. The maximum Gasteiger partial charge on any atom is 0.340 e. The normalized spacial score (nSPS) is 10.6. The summed E-state index contributed by atoms with van der Waals surface area (Å²) in [6, 6.07) is 6.93. The van der Waals surface area contributed by atoms with E-state index in [0.717, 1.165) is 11.2 Å². The SMILES string of the molecule is CCOC(=O)c1c(C)[nH]c2ccc(Oc3nc(OC)cc(OC)n3)cc12. The predicted octanol–water partition coefficient (Wildman–Crippen LogP) is 3.25. The minimum absolute atomic E-state index is 0.0745. The zero-order valence-electron chi connectivity index (χ0n) is 15.0. The first-order valence-corrected chi connectivity index (χ1v) is 8.00. The predicted molar refractivity (Wildman–Crippen MR) is 94.2 cm³/mol. The molecule has 1 N–H and O–H groups in total. The number of nitrogens with zero attached hydrogens (tertiary/aromatic N) is 2. The number of ether oxygens (including phenoxy) is 4. The molecule has 0 aliphatic rings. The first-order chi connectivity index (χ1) is 12.5. The molecular weight excluding hydrogens is 338 g/mol. The third-order valence-corrected chi connectivity index (χ3v) is 3.72. The first kappa shape index (κ1) is 17.5. The number of benzene rings is 1. The molecule has 26 heavy (non-hydrogen) atoms. The minimum atomic E-state index is -0.382. The molecule has 1 aromatic carbocycles. The van der Waals surface area contributed by atoms with Gasteiger partial charge in [-0.3, -0.25) is 0 Å². The second-order valence-electron chi connectivity index (χ2n) is 5.39. The molecule has 0 saturated heterocycles. The van der Waals surface area contributed by atoms with Gasteiger partial charge in [-0.1, -0.05) is 0 Å². The van der Waals surface area contributed by atoms with Crippen molar-refractivity contribution in [2.75, 3.05) is 20.8 Å². The molecule has 0 aliphatic carbocycles. The highest BCUT2D eigenvalue weighted by molar-refractivity contribution is 6.05. The van der Waals surface area contributed by atoms with E-state index in [1.54, 1.807) is 25.1 Å². The Balaban J connectivity index is 1.99. The van der Waals surface area contributed by atoms with E-state index >= 15 is 0 Å². The van der Waals surface area contributed by atoms with Crippen LogP contribution in [0.3, 0.4) is 0 Å². The van der Waals surface area contributed by atoms with Gasteiger partial charge in [0, 0.05) is 16.6 Å². The number of fused-ring (bicyclic) bond motifs is 1. The van der Waals surface area contributed by atoms with Crippen molar-refractivity contribution in [3.8, 4) is 23.5 Å². The van der Waals surface area contributed by atoms with Crippen molar-refractivity contribution in [3.05, 3.63) is 35.5 Å². The van der Waals surface area contributed by atoms with Crippen LogP contribution in [0.15, 0.2) is 24.3 Å². The van der Waals surface area contributed by atoms with Crippen LogP contribution >= 0.6 is 0 Å². The summed E-state index contributed by atoms with van der Waals surface area (Å²) < 4.78 is 21.1. The third-order valence-electron chi connectivity index (χ3n) is 3.72. The fourth-order valence-corrected chi connectivity index (χ4v) is 2.58. The number of aromatic nitrogens is 3. The number of esters is 1. The van der Waals surface area contributed by atoms with E-state index < -0.39 is 0 Å². The van der Waals surface area contributed by atoms with E-state index in [-0.39, 0.29) is 12.0 Å². The van der Waals surface area contributed by atoms with Crippen molar-refractivity contribution < 1.29 is 23.7 Å². The number of methoxy groups -OCH3 is 2. The molecule has 2 heterocycles. The van der Waals surface area contributed by atoms with Crippen molar-refractivity contribution in [2.24, 2.45) is 0 Å². The van der Waals surface area contributed by atoms with E-state index in [0.29, 0.717) is 35.1 Å². The molecule has 8 heteroatoms. The number of rotatable bonds is 6. The van der Waals surface area contributed by atoms with Gasteiger partial charge in [0.2, 0.25) is 11.8 Å². The zero-order chi connectivity index (χ0) is 18.7. The minimum Gasteiger partial charge on any atom is -0.481 e. The van der Waals surface area contributed by atoms with Gasteiger partial charge in [0.15, 0.2) is 0 Å². The summed E-state index contributed by atoms with van der Waals surface area (Å²) in [4.78, 5) is 23.7. The quantitative estimate of drug-likeness (QED) is 0.677. The standard InChI is InChI=1S/C18H19N3O5/c1-5-25-17(22)16-10(2)19-13-7-6-11(8-12(13)16)26-18-20-14(23-3)9-15(21-18)24-4/h6-9,19H,5H2,1-4H3. The van der Waals surface area contributed by atoms with Crippen molar-refractivity contribution >= 4 is 16.9 Å². The fraction of sp³-hybridized carbons (Fsp3) is 0.278. The maximum absolute atomic E-state index is 12.2. The first-order valence-electron chi connectivity index (χ1n) is 8.00. The molecule has 0 radical (unpaired) electrons. The number of carbonyl (C=O) groups excluding carboxylic acids is 1. The van der Waals surface area contributed by atoms with Gasteiger partial charge in [-0.05, 0) is 32.0 Å². The average Bonchev–Trinajstić information content (AvgIpc) is 2.96. The van der Waals surface area contributed by atoms with Crippen LogP contribution in [0.2, 0.25) is 0 Å². The summed E-state index contributed by atoms with van der Waals surface area (Å²) in [5, 5.41) is 0.702. The van der Waals surface area contributed by atoms with E-state index in [1.165, 1.54) is 14.2 Å². The Kier molecular flexibility index (Phi) is 4.92. The van der Waals surface area contributed by atoms with Crippen LogP contribution in [0.25, 0.3) is 10.9 Å². The lowest BCUT2D eigenvalue weighted by Gasteiger charge is -2.08. The number of hydrogen-bond donors (Lipinski definition) is 1.